The second-order valence-corrected chi connectivity index (χ2v) is 10.1. The van der Waals surface area contributed by atoms with Gasteiger partial charge in [-0.1, -0.05) is 36.4 Å². The number of esters is 1. The zero-order valence-electron chi connectivity index (χ0n) is 25.1. The number of hydrogen-bond acceptors (Lipinski definition) is 8. The fraction of sp³-hybridized carbons (Fsp3) is 0.222. The van der Waals surface area contributed by atoms with Gasteiger partial charge in [0.15, 0.2) is 0 Å². The van der Waals surface area contributed by atoms with Crippen molar-refractivity contribution in [3.63, 3.8) is 0 Å². The van der Waals surface area contributed by atoms with Crippen LogP contribution in [0.25, 0.3) is 22.1 Å². The molecule has 0 fully saturated rings. The standard InChI is InChI=1S/C36H34O8/c1-39-26-11-5-23(6-12-26)19-20-43-28-15-9-24(10-16-28)30(21-33(37)42-4)34-32(41-3)18-17-29-35(38)31(22-44-36(29)34)25-7-13-27(40-2)14-8-25/h5-18,22,30H,19-21H2,1-4H3/t30-/m0/s1. The molecule has 0 N–H and O–H groups in total. The summed E-state index contributed by atoms with van der Waals surface area (Å²) < 4.78 is 33.4. The molecule has 0 bridgehead atoms. The maximum absolute atomic E-state index is 13.7. The Morgan fingerprint density at radius 2 is 1.39 bits per heavy atom. The molecule has 8 heteroatoms. The van der Waals surface area contributed by atoms with Crippen LogP contribution in [-0.4, -0.2) is 41.0 Å². The van der Waals surface area contributed by atoms with Gasteiger partial charge >= 0.3 is 5.97 Å². The quantitative estimate of drug-likeness (QED) is 0.146. The van der Waals surface area contributed by atoms with Crippen molar-refractivity contribution in [1.82, 2.24) is 0 Å². The molecule has 0 saturated heterocycles. The normalized spacial score (nSPS) is 11.5. The Morgan fingerprint density at radius 3 is 2.00 bits per heavy atom. The summed E-state index contributed by atoms with van der Waals surface area (Å²) >= 11 is 0. The molecule has 5 rings (SSSR count). The molecule has 0 radical (unpaired) electrons. The Balaban J connectivity index is 1.47. The van der Waals surface area contributed by atoms with Crippen molar-refractivity contribution in [3.8, 4) is 34.1 Å². The highest BCUT2D eigenvalue weighted by Gasteiger charge is 2.27. The molecular formula is C36H34O8. The van der Waals surface area contributed by atoms with Crippen LogP contribution >= 0.6 is 0 Å². The maximum atomic E-state index is 13.7. The molecule has 0 amide bonds. The summed E-state index contributed by atoms with van der Waals surface area (Å²) in [7, 11) is 6.12. The van der Waals surface area contributed by atoms with Crippen molar-refractivity contribution >= 4 is 16.9 Å². The third kappa shape index (κ3) is 6.54. The van der Waals surface area contributed by atoms with E-state index in [0.717, 1.165) is 23.3 Å². The Kier molecular flexibility index (Phi) is 9.49. The third-order valence-electron chi connectivity index (χ3n) is 7.61. The summed E-state index contributed by atoms with van der Waals surface area (Å²) in [6.07, 6.45) is 2.19. The number of ether oxygens (including phenoxy) is 5. The van der Waals surface area contributed by atoms with E-state index in [0.29, 0.717) is 51.5 Å². The lowest BCUT2D eigenvalue weighted by Crippen LogP contribution is -2.13. The number of fused-ring (bicyclic) bond motifs is 1. The van der Waals surface area contributed by atoms with E-state index in [1.165, 1.54) is 13.4 Å². The van der Waals surface area contributed by atoms with Gasteiger partial charge in [0.05, 0.1) is 52.4 Å². The first kappa shape index (κ1) is 30.2. The molecule has 0 unspecified atom stereocenters. The van der Waals surface area contributed by atoms with E-state index in [2.05, 4.69) is 0 Å². The van der Waals surface area contributed by atoms with E-state index in [9.17, 15) is 9.59 Å². The summed E-state index contributed by atoms with van der Waals surface area (Å²) in [6.45, 7) is 0.496. The van der Waals surface area contributed by atoms with Gasteiger partial charge in [-0.2, -0.15) is 0 Å². The fourth-order valence-corrected chi connectivity index (χ4v) is 5.19. The molecule has 0 aliphatic heterocycles. The van der Waals surface area contributed by atoms with Crippen LogP contribution in [0.3, 0.4) is 0 Å². The third-order valence-corrected chi connectivity index (χ3v) is 7.61. The van der Waals surface area contributed by atoms with Crippen molar-refractivity contribution < 1.29 is 32.9 Å². The summed E-state index contributed by atoms with van der Waals surface area (Å²) in [6, 6.07) is 26.0. The molecule has 0 aliphatic rings. The molecule has 4 aromatic carbocycles. The van der Waals surface area contributed by atoms with Crippen LogP contribution in [0.5, 0.6) is 23.0 Å². The average Bonchev–Trinajstić information content (AvgIpc) is 3.07. The van der Waals surface area contributed by atoms with Crippen LogP contribution < -0.4 is 24.4 Å². The number of rotatable bonds is 12. The number of carbonyl (C=O) groups excluding carboxylic acids is 1. The molecule has 1 aromatic heterocycles. The zero-order valence-corrected chi connectivity index (χ0v) is 25.1. The van der Waals surface area contributed by atoms with Crippen molar-refractivity contribution in [1.29, 1.82) is 0 Å². The molecule has 1 heterocycles. The highest BCUT2D eigenvalue weighted by molar-refractivity contribution is 5.87. The predicted octanol–water partition coefficient (Wildman–Crippen LogP) is 6.80. The first-order valence-corrected chi connectivity index (χ1v) is 14.1. The molecule has 5 aromatic rings. The maximum Gasteiger partial charge on any atom is 0.306 e. The topological polar surface area (TPSA) is 93.4 Å². The largest absolute Gasteiger partial charge is 0.497 e. The Bertz CT molecular complexity index is 1770. The summed E-state index contributed by atoms with van der Waals surface area (Å²) in [5.41, 5.74) is 3.80. The van der Waals surface area contributed by atoms with Gasteiger partial charge in [0.1, 0.15) is 34.8 Å². The Hall–Kier alpha value is -5.24. The van der Waals surface area contributed by atoms with Gasteiger partial charge in [0.2, 0.25) is 5.43 Å². The van der Waals surface area contributed by atoms with Crippen LogP contribution in [0.2, 0.25) is 0 Å². The van der Waals surface area contributed by atoms with Gasteiger partial charge in [-0.05, 0) is 65.2 Å². The van der Waals surface area contributed by atoms with Crippen LogP contribution in [-0.2, 0) is 16.0 Å². The lowest BCUT2D eigenvalue weighted by molar-refractivity contribution is -0.140. The monoisotopic (exact) mass is 594 g/mol. The average molecular weight is 595 g/mol. The van der Waals surface area contributed by atoms with Gasteiger partial charge in [0.25, 0.3) is 0 Å². The van der Waals surface area contributed by atoms with E-state index in [1.54, 1.807) is 45.6 Å². The Labute approximate surface area is 255 Å². The highest BCUT2D eigenvalue weighted by atomic mass is 16.5. The summed E-state index contributed by atoms with van der Waals surface area (Å²) in [4.78, 5) is 26.4. The molecule has 0 spiro atoms. The van der Waals surface area contributed by atoms with Crippen LogP contribution in [0.15, 0.2) is 100 Å². The molecule has 8 nitrogen and oxygen atoms in total. The van der Waals surface area contributed by atoms with E-state index in [-0.39, 0.29) is 11.8 Å². The van der Waals surface area contributed by atoms with Gasteiger partial charge in [-0.25, -0.2) is 0 Å². The van der Waals surface area contributed by atoms with E-state index in [1.807, 2.05) is 60.7 Å². The van der Waals surface area contributed by atoms with Crippen LogP contribution in [0, 0.1) is 0 Å². The minimum Gasteiger partial charge on any atom is -0.497 e. The molecule has 44 heavy (non-hydrogen) atoms. The number of methoxy groups -OCH3 is 4. The second kappa shape index (κ2) is 13.8. The van der Waals surface area contributed by atoms with Gasteiger partial charge in [-0.15, -0.1) is 0 Å². The highest BCUT2D eigenvalue weighted by Crippen LogP contribution is 2.40. The number of carbonyl (C=O) groups is 1. The lowest BCUT2D eigenvalue weighted by Gasteiger charge is -2.21. The van der Waals surface area contributed by atoms with E-state index < -0.39 is 11.9 Å². The van der Waals surface area contributed by atoms with Crippen molar-refractivity contribution in [2.24, 2.45) is 0 Å². The molecule has 1 atom stereocenters. The van der Waals surface area contributed by atoms with Crippen LogP contribution in [0.4, 0.5) is 0 Å². The molecule has 0 saturated carbocycles. The first-order valence-electron chi connectivity index (χ1n) is 14.1. The lowest BCUT2D eigenvalue weighted by atomic mass is 9.86. The van der Waals surface area contributed by atoms with Gasteiger partial charge < -0.3 is 28.1 Å². The molecule has 0 aliphatic carbocycles. The van der Waals surface area contributed by atoms with E-state index >= 15 is 0 Å². The zero-order chi connectivity index (χ0) is 31.1. The fourth-order valence-electron chi connectivity index (χ4n) is 5.19. The van der Waals surface area contributed by atoms with Crippen molar-refractivity contribution in [3.05, 3.63) is 118 Å². The van der Waals surface area contributed by atoms with E-state index in [4.69, 9.17) is 28.1 Å². The van der Waals surface area contributed by atoms with Gasteiger partial charge in [-0.3, -0.25) is 9.59 Å². The van der Waals surface area contributed by atoms with Crippen molar-refractivity contribution in [2.75, 3.05) is 35.0 Å². The SMILES string of the molecule is COC(=O)C[C@@H](c1ccc(OCCc2ccc(OC)cc2)cc1)c1c(OC)ccc2c(=O)c(-c3ccc(OC)cc3)coc12. The number of hydrogen-bond donors (Lipinski definition) is 0. The van der Waals surface area contributed by atoms with Crippen LogP contribution in [0.1, 0.15) is 29.0 Å². The van der Waals surface area contributed by atoms with Crippen molar-refractivity contribution in [2.45, 2.75) is 18.8 Å². The number of benzene rings is 4. The second-order valence-electron chi connectivity index (χ2n) is 10.1. The minimum atomic E-state index is -0.524. The summed E-state index contributed by atoms with van der Waals surface area (Å²) in [5, 5.41) is 0.377. The smallest absolute Gasteiger partial charge is 0.306 e. The molecular weight excluding hydrogens is 560 g/mol. The Morgan fingerprint density at radius 1 is 0.750 bits per heavy atom. The van der Waals surface area contributed by atoms with Gasteiger partial charge in [0, 0.05) is 17.9 Å². The summed E-state index contributed by atoms with van der Waals surface area (Å²) in [5.74, 6) is 1.75. The molecule has 226 valence electrons. The predicted molar refractivity (Wildman–Crippen MR) is 168 cm³/mol. The first-order chi connectivity index (χ1) is 21.4. The minimum absolute atomic E-state index is 0.00753.